The Morgan fingerprint density at radius 1 is 1.75 bits per heavy atom. The van der Waals surface area contributed by atoms with Gasteiger partial charge in [0.2, 0.25) is 0 Å². The summed E-state index contributed by atoms with van der Waals surface area (Å²) in [6.07, 6.45) is 3.17. The number of rotatable bonds is 0. The molecule has 44 valence electrons. The zero-order valence-corrected chi connectivity index (χ0v) is 4.20. The van der Waals surface area contributed by atoms with Crippen LogP contribution in [0.1, 0.15) is 0 Å². The van der Waals surface area contributed by atoms with Gasteiger partial charge in [-0.25, -0.2) is 16.5 Å². The number of nitrogens with zero attached hydrogens (tertiary/aromatic N) is 2. The maximum atomic E-state index is 5.22. The molecule has 0 bridgehead atoms. The molecule has 1 aliphatic heterocycles. The fourth-order valence-electron chi connectivity index (χ4n) is 0.343. The van der Waals surface area contributed by atoms with Crippen molar-refractivity contribution >= 4 is 5.84 Å². The highest BCUT2D eigenvalue weighted by molar-refractivity contribution is 5.91. The highest BCUT2D eigenvalue weighted by Crippen LogP contribution is 1.81. The van der Waals surface area contributed by atoms with E-state index in [1.807, 2.05) is 0 Å². The molecule has 0 aliphatic carbocycles. The van der Waals surface area contributed by atoms with Gasteiger partial charge < -0.3 is 5.73 Å². The SMILES string of the molecule is NC1=NNN(N)C=C1. The summed E-state index contributed by atoms with van der Waals surface area (Å²) in [4.78, 5) is 0. The minimum Gasteiger partial charge on any atom is -0.382 e. The highest BCUT2D eigenvalue weighted by Gasteiger charge is 1.93. The van der Waals surface area contributed by atoms with Crippen molar-refractivity contribution in [1.82, 2.24) is 10.7 Å². The minimum absolute atomic E-state index is 0.423. The number of hydrogen-bond acceptors (Lipinski definition) is 5. The molecular weight excluding hydrogens is 106 g/mol. The van der Waals surface area contributed by atoms with Crippen LogP contribution in [0.3, 0.4) is 0 Å². The first-order valence-corrected chi connectivity index (χ1v) is 2.10. The van der Waals surface area contributed by atoms with Gasteiger partial charge in [-0.2, -0.15) is 0 Å². The van der Waals surface area contributed by atoms with Crippen LogP contribution in [-0.4, -0.2) is 11.0 Å². The third kappa shape index (κ3) is 0.881. The Balaban J connectivity index is 2.58. The molecule has 0 aromatic carbocycles. The maximum Gasteiger partial charge on any atom is 0.146 e. The summed E-state index contributed by atoms with van der Waals surface area (Å²) in [5, 5.41) is 4.77. The van der Waals surface area contributed by atoms with Gasteiger partial charge in [-0.05, 0) is 0 Å². The van der Waals surface area contributed by atoms with Crippen LogP contribution in [-0.2, 0) is 0 Å². The fourth-order valence-corrected chi connectivity index (χ4v) is 0.343. The third-order valence-corrected chi connectivity index (χ3v) is 0.700. The summed E-state index contributed by atoms with van der Waals surface area (Å²) < 4.78 is 0. The molecule has 1 heterocycles. The van der Waals surface area contributed by atoms with Crippen molar-refractivity contribution in [2.75, 3.05) is 0 Å². The molecule has 0 fully saturated rings. The van der Waals surface area contributed by atoms with Gasteiger partial charge >= 0.3 is 0 Å². The summed E-state index contributed by atoms with van der Waals surface area (Å²) >= 11 is 0. The maximum absolute atomic E-state index is 5.22. The van der Waals surface area contributed by atoms with Crippen molar-refractivity contribution in [3.8, 4) is 0 Å². The van der Waals surface area contributed by atoms with Gasteiger partial charge in [-0.1, -0.05) is 0 Å². The molecule has 0 aromatic heterocycles. The van der Waals surface area contributed by atoms with E-state index in [0.29, 0.717) is 5.84 Å². The Labute approximate surface area is 46.6 Å². The molecule has 8 heavy (non-hydrogen) atoms. The zero-order valence-electron chi connectivity index (χ0n) is 4.20. The summed E-state index contributed by atoms with van der Waals surface area (Å²) in [7, 11) is 0. The largest absolute Gasteiger partial charge is 0.382 e. The van der Waals surface area contributed by atoms with Gasteiger partial charge in [0.25, 0.3) is 0 Å². The molecule has 0 unspecified atom stereocenters. The van der Waals surface area contributed by atoms with Gasteiger partial charge in [-0.15, -0.1) is 5.10 Å². The molecule has 0 radical (unpaired) electrons. The summed E-state index contributed by atoms with van der Waals surface area (Å²) in [6.45, 7) is 0. The van der Waals surface area contributed by atoms with Crippen molar-refractivity contribution in [3.63, 3.8) is 0 Å². The van der Waals surface area contributed by atoms with E-state index in [1.54, 1.807) is 12.3 Å². The molecule has 0 atom stereocenters. The van der Waals surface area contributed by atoms with Crippen LogP contribution in [0.25, 0.3) is 0 Å². The predicted octanol–water partition coefficient (Wildman–Crippen LogP) is -1.53. The Morgan fingerprint density at radius 3 is 2.88 bits per heavy atom. The standard InChI is InChI=1S/C3H7N5/c4-3-1-2-8(5)7-6-3/h1-2,7H,5H2,(H2,4,6). The predicted molar refractivity (Wildman–Crippen MR) is 29.9 cm³/mol. The lowest BCUT2D eigenvalue weighted by Gasteiger charge is -2.14. The lowest BCUT2D eigenvalue weighted by molar-refractivity contribution is 0.283. The fraction of sp³-hybridized carbons (Fsp3) is 0. The van der Waals surface area contributed by atoms with Gasteiger partial charge in [0.15, 0.2) is 0 Å². The quantitative estimate of drug-likeness (QED) is 0.333. The number of nitrogens with two attached hydrogens (primary N) is 2. The first kappa shape index (κ1) is 4.92. The van der Waals surface area contributed by atoms with Crippen LogP contribution in [0.15, 0.2) is 17.4 Å². The normalized spacial score (nSPS) is 17.6. The van der Waals surface area contributed by atoms with Gasteiger partial charge in [0.05, 0.1) is 0 Å². The van der Waals surface area contributed by atoms with Gasteiger partial charge in [-0.3, -0.25) is 0 Å². The van der Waals surface area contributed by atoms with E-state index in [0.717, 1.165) is 0 Å². The van der Waals surface area contributed by atoms with Gasteiger partial charge in [0, 0.05) is 12.3 Å². The van der Waals surface area contributed by atoms with Crippen molar-refractivity contribution in [2.24, 2.45) is 16.7 Å². The molecule has 0 aromatic rings. The van der Waals surface area contributed by atoms with Crippen LogP contribution in [0.5, 0.6) is 0 Å². The number of nitrogens with one attached hydrogen (secondary N) is 1. The molecule has 0 amide bonds. The molecule has 5 N–H and O–H groups in total. The molecule has 1 rings (SSSR count). The number of amidine groups is 1. The van der Waals surface area contributed by atoms with E-state index >= 15 is 0 Å². The van der Waals surface area contributed by atoms with Crippen LogP contribution in [0.4, 0.5) is 0 Å². The Bertz CT molecular complexity index is 137. The number of hydrazine groups is 2. The average Bonchev–Trinajstić information content (AvgIpc) is 1.77. The second kappa shape index (κ2) is 1.71. The minimum atomic E-state index is 0.423. The van der Waals surface area contributed by atoms with Crippen LogP contribution in [0.2, 0.25) is 0 Å². The Kier molecular flexibility index (Phi) is 1.05. The highest BCUT2D eigenvalue weighted by atomic mass is 15.8. The molecular formula is C3H7N5. The van der Waals surface area contributed by atoms with Crippen molar-refractivity contribution in [3.05, 3.63) is 12.3 Å². The summed E-state index contributed by atoms with van der Waals surface area (Å²) in [6, 6.07) is 0. The lowest BCUT2D eigenvalue weighted by Crippen LogP contribution is -2.39. The Hall–Kier alpha value is -1.23. The number of hydrazone groups is 1. The molecule has 0 saturated heterocycles. The molecule has 5 nitrogen and oxygen atoms in total. The molecule has 1 aliphatic rings. The number of hydrogen-bond donors (Lipinski definition) is 3. The van der Waals surface area contributed by atoms with Crippen LogP contribution >= 0.6 is 0 Å². The van der Waals surface area contributed by atoms with E-state index in [4.69, 9.17) is 11.6 Å². The lowest BCUT2D eigenvalue weighted by atomic mass is 10.5. The van der Waals surface area contributed by atoms with Crippen LogP contribution < -0.4 is 17.1 Å². The van der Waals surface area contributed by atoms with Crippen molar-refractivity contribution in [1.29, 1.82) is 0 Å². The second-order valence-corrected chi connectivity index (χ2v) is 1.36. The first-order valence-electron chi connectivity index (χ1n) is 2.10. The average molecular weight is 113 g/mol. The zero-order chi connectivity index (χ0) is 5.98. The van der Waals surface area contributed by atoms with Crippen molar-refractivity contribution in [2.45, 2.75) is 0 Å². The van der Waals surface area contributed by atoms with E-state index < -0.39 is 0 Å². The smallest absolute Gasteiger partial charge is 0.146 e. The van der Waals surface area contributed by atoms with E-state index in [1.165, 1.54) is 5.12 Å². The third-order valence-electron chi connectivity index (χ3n) is 0.700. The molecule has 5 heteroatoms. The monoisotopic (exact) mass is 113 g/mol. The topological polar surface area (TPSA) is 79.7 Å². The summed E-state index contributed by atoms with van der Waals surface area (Å²) in [5.74, 6) is 5.59. The molecule has 0 spiro atoms. The first-order chi connectivity index (χ1) is 3.79. The summed E-state index contributed by atoms with van der Waals surface area (Å²) in [5.41, 5.74) is 7.63. The van der Waals surface area contributed by atoms with E-state index in [-0.39, 0.29) is 0 Å². The second-order valence-electron chi connectivity index (χ2n) is 1.36. The van der Waals surface area contributed by atoms with Gasteiger partial charge in [0.1, 0.15) is 5.84 Å². The van der Waals surface area contributed by atoms with Crippen LogP contribution in [0, 0.1) is 0 Å². The van der Waals surface area contributed by atoms with E-state index in [9.17, 15) is 0 Å². The van der Waals surface area contributed by atoms with Crippen molar-refractivity contribution < 1.29 is 0 Å². The van der Waals surface area contributed by atoms with E-state index in [2.05, 4.69) is 10.6 Å². The Morgan fingerprint density at radius 2 is 2.50 bits per heavy atom. The molecule has 0 saturated carbocycles.